The third kappa shape index (κ3) is 2.70. The SMILES string of the molecule is NCC1CCCC1CNc1ccc(F)cn1. The second-order valence-corrected chi connectivity index (χ2v) is 4.43. The van der Waals surface area contributed by atoms with E-state index in [0.717, 1.165) is 18.9 Å². The number of anilines is 1. The third-order valence-electron chi connectivity index (χ3n) is 3.39. The molecule has 1 saturated carbocycles. The maximum Gasteiger partial charge on any atom is 0.141 e. The Morgan fingerprint density at radius 3 is 2.88 bits per heavy atom. The molecule has 1 aromatic rings. The van der Waals surface area contributed by atoms with E-state index >= 15 is 0 Å². The summed E-state index contributed by atoms with van der Waals surface area (Å²) in [7, 11) is 0. The summed E-state index contributed by atoms with van der Waals surface area (Å²) in [5.41, 5.74) is 5.72. The van der Waals surface area contributed by atoms with Crippen molar-refractivity contribution in [3.63, 3.8) is 0 Å². The molecule has 0 aliphatic heterocycles. The van der Waals surface area contributed by atoms with Crippen LogP contribution in [0, 0.1) is 17.7 Å². The van der Waals surface area contributed by atoms with Crippen molar-refractivity contribution in [2.24, 2.45) is 17.6 Å². The van der Waals surface area contributed by atoms with Gasteiger partial charge in [0.15, 0.2) is 0 Å². The van der Waals surface area contributed by atoms with Gasteiger partial charge in [0.05, 0.1) is 6.20 Å². The fourth-order valence-electron chi connectivity index (χ4n) is 2.41. The Balaban J connectivity index is 1.85. The highest BCUT2D eigenvalue weighted by molar-refractivity contribution is 5.33. The van der Waals surface area contributed by atoms with Crippen molar-refractivity contribution in [1.82, 2.24) is 4.98 Å². The van der Waals surface area contributed by atoms with Gasteiger partial charge in [-0.1, -0.05) is 6.42 Å². The summed E-state index contributed by atoms with van der Waals surface area (Å²) in [5, 5.41) is 3.24. The lowest BCUT2D eigenvalue weighted by Crippen LogP contribution is -2.24. The summed E-state index contributed by atoms with van der Waals surface area (Å²) >= 11 is 0. The molecule has 1 aliphatic rings. The molecule has 3 nitrogen and oxygen atoms in total. The van der Waals surface area contributed by atoms with Gasteiger partial charge in [0, 0.05) is 6.54 Å². The first-order valence-corrected chi connectivity index (χ1v) is 5.85. The molecule has 0 spiro atoms. The number of pyridine rings is 1. The Hall–Kier alpha value is -1.16. The number of rotatable bonds is 4. The second kappa shape index (κ2) is 5.25. The van der Waals surface area contributed by atoms with E-state index in [1.54, 1.807) is 6.07 Å². The summed E-state index contributed by atoms with van der Waals surface area (Å²) in [4.78, 5) is 3.97. The number of nitrogens with one attached hydrogen (secondary N) is 1. The topological polar surface area (TPSA) is 50.9 Å². The minimum Gasteiger partial charge on any atom is -0.370 e. The van der Waals surface area contributed by atoms with E-state index in [1.807, 2.05) is 0 Å². The zero-order valence-corrected chi connectivity index (χ0v) is 9.32. The summed E-state index contributed by atoms with van der Waals surface area (Å²) in [5.74, 6) is 1.71. The second-order valence-electron chi connectivity index (χ2n) is 4.43. The molecule has 88 valence electrons. The van der Waals surface area contributed by atoms with Crippen LogP contribution in [0.4, 0.5) is 10.2 Å². The van der Waals surface area contributed by atoms with Gasteiger partial charge in [-0.3, -0.25) is 0 Å². The molecule has 16 heavy (non-hydrogen) atoms. The summed E-state index contributed by atoms with van der Waals surface area (Å²) < 4.78 is 12.6. The number of hydrogen-bond acceptors (Lipinski definition) is 3. The third-order valence-corrected chi connectivity index (χ3v) is 3.39. The van der Waals surface area contributed by atoms with E-state index in [9.17, 15) is 4.39 Å². The number of nitrogens with two attached hydrogens (primary N) is 1. The van der Waals surface area contributed by atoms with Gasteiger partial charge in [0.1, 0.15) is 11.6 Å². The first-order chi connectivity index (χ1) is 7.79. The van der Waals surface area contributed by atoms with Gasteiger partial charge >= 0.3 is 0 Å². The molecule has 2 rings (SSSR count). The molecule has 0 radical (unpaired) electrons. The van der Waals surface area contributed by atoms with Crippen molar-refractivity contribution in [1.29, 1.82) is 0 Å². The minimum atomic E-state index is -0.300. The predicted molar refractivity (Wildman–Crippen MR) is 62.6 cm³/mol. The summed E-state index contributed by atoms with van der Waals surface area (Å²) in [6.07, 6.45) is 4.97. The predicted octanol–water partition coefficient (Wildman–Crippen LogP) is 2.01. The van der Waals surface area contributed by atoms with Crippen molar-refractivity contribution < 1.29 is 4.39 Å². The van der Waals surface area contributed by atoms with Crippen LogP contribution < -0.4 is 11.1 Å². The highest BCUT2D eigenvalue weighted by Crippen LogP contribution is 2.30. The molecular formula is C12H18FN3. The average Bonchev–Trinajstić information content (AvgIpc) is 2.76. The molecule has 0 bridgehead atoms. The smallest absolute Gasteiger partial charge is 0.141 e. The van der Waals surface area contributed by atoms with Crippen LogP contribution >= 0.6 is 0 Å². The number of nitrogens with zero attached hydrogens (tertiary/aromatic N) is 1. The number of halogens is 1. The van der Waals surface area contributed by atoms with Crippen LogP contribution in [0.5, 0.6) is 0 Å². The van der Waals surface area contributed by atoms with Crippen molar-refractivity contribution >= 4 is 5.82 Å². The van der Waals surface area contributed by atoms with Crippen LogP contribution in [0.3, 0.4) is 0 Å². The molecule has 3 N–H and O–H groups in total. The van der Waals surface area contributed by atoms with Gasteiger partial charge in [-0.15, -0.1) is 0 Å². The number of hydrogen-bond donors (Lipinski definition) is 2. The van der Waals surface area contributed by atoms with Gasteiger partial charge < -0.3 is 11.1 Å². The molecule has 1 aliphatic carbocycles. The van der Waals surface area contributed by atoms with Gasteiger partial charge in [0.2, 0.25) is 0 Å². The fourth-order valence-corrected chi connectivity index (χ4v) is 2.41. The molecule has 1 aromatic heterocycles. The van der Waals surface area contributed by atoms with E-state index in [4.69, 9.17) is 5.73 Å². The highest BCUT2D eigenvalue weighted by Gasteiger charge is 2.25. The Morgan fingerprint density at radius 1 is 1.38 bits per heavy atom. The fraction of sp³-hybridized carbons (Fsp3) is 0.583. The normalized spacial score (nSPS) is 24.6. The molecule has 2 unspecified atom stereocenters. The Labute approximate surface area is 95.3 Å². The molecule has 2 atom stereocenters. The molecule has 0 aromatic carbocycles. The van der Waals surface area contributed by atoms with Gasteiger partial charge in [-0.25, -0.2) is 9.37 Å². The van der Waals surface area contributed by atoms with Crippen LogP contribution in [0.15, 0.2) is 18.3 Å². The maximum atomic E-state index is 12.6. The van der Waals surface area contributed by atoms with E-state index in [0.29, 0.717) is 11.8 Å². The van der Waals surface area contributed by atoms with Crippen LogP contribution in [-0.4, -0.2) is 18.1 Å². The minimum absolute atomic E-state index is 0.300. The first kappa shape index (κ1) is 11.3. The lowest BCUT2D eigenvalue weighted by molar-refractivity contribution is 0.414. The van der Waals surface area contributed by atoms with Crippen LogP contribution in [-0.2, 0) is 0 Å². The molecule has 0 saturated heterocycles. The van der Waals surface area contributed by atoms with Gasteiger partial charge in [-0.2, -0.15) is 0 Å². The van der Waals surface area contributed by atoms with E-state index in [1.165, 1.54) is 31.5 Å². The Morgan fingerprint density at radius 2 is 2.19 bits per heavy atom. The van der Waals surface area contributed by atoms with E-state index in [2.05, 4.69) is 10.3 Å². The van der Waals surface area contributed by atoms with Crippen molar-refractivity contribution in [3.05, 3.63) is 24.1 Å². The molecular weight excluding hydrogens is 205 g/mol. The standard InChI is InChI=1S/C12H18FN3/c13-11-4-5-12(16-8-11)15-7-10-3-1-2-9(10)6-14/h4-5,8-10H,1-3,6-7,14H2,(H,15,16). The lowest BCUT2D eigenvalue weighted by Gasteiger charge is -2.18. The molecule has 0 amide bonds. The zero-order valence-electron chi connectivity index (χ0n) is 9.32. The van der Waals surface area contributed by atoms with Crippen molar-refractivity contribution in [2.75, 3.05) is 18.4 Å². The Kier molecular flexibility index (Phi) is 3.72. The Bertz CT molecular complexity index is 326. The molecule has 1 heterocycles. The lowest BCUT2D eigenvalue weighted by atomic mass is 9.96. The van der Waals surface area contributed by atoms with Crippen LogP contribution in [0.2, 0.25) is 0 Å². The van der Waals surface area contributed by atoms with Gasteiger partial charge in [-0.05, 0) is 43.4 Å². The summed E-state index contributed by atoms with van der Waals surface area (Å²) in [6, 6.07) is 3.09. The maximum absolute atomic E-state index is 12.6. The van der Waals surface area contributed by atoms with E-state index < -0.39 is 0 Å². The van der Waals surface area contributed by atoms with Crippen molar-refractivity contribution in [3.8, 4) is 0 Å². The van der Waals surface area contributed by atoms with Crippen LogP contribution in [0.25, 0.3) is 0 Å². The highest BCUT2D eigenvalue weighted by atomic mass is 19.1. The van der Waals surface area contributed by atoms with E-state index in [-0.39, 0.29) is 5.82 Å². The summed E-state index contributed by atoms with van der Waals surface area (Å²) in [6.45, 7) is 1.66. The molecule has 4 heteroatoms. The first-order valence-electron chi connectivity index (χ1n) is 5.85. The quantitative estimate of drug-likeness (QED) is 0.821. The molecule has 1 fully saturated rings. The van der Waals surface area contributed by atoms with Crippen molar-refractivity contribution in [2.45, 2.75) is 19.3 Å². The number of aromatic nitrogens is 1. The average molecular weight is 223 g/mol. The monoisotopic (exact) mass is 223 g/mol. The van der Waals surface area contributed by atoms with Crippen LogP contribution in [0.1, 0.15) is 19.3 Å². The zero-order chi connectivity index (χ0) is 11.4. The largest absolute Gasteiger partial charge is 0.370 e. The van der Waals surface area contributed by atoms with Gasteiger partial charge in [0.25, 0.3) is 0 Å².